The van der Waals surface area contributed by atoms with Gasteiger partial charge in [-0.05, 0) is 0 Å². The van der Waals surface area contributed by atoms with Crippen LogP contribution in [0.2, 0.25) is 0 Å². The van der Waals surface area contributed by atoms with Crippen LogP contribution in [0.1, 0.15) is 0 Å². The first-order chi connectivity index (χ1) is 10.5. The van der Waals surface area contributed by atoms with E-state index in [0.29, 0.717) is 0 Å². The van der Waals surface area contributed by atoms with Gasteiger partial charge in [-0.25, -0.2) is 13.7 Å². The molecule has 2 unspecified atom stereocenters. The SMILES string of the molecule is O=P(O)(O)OC1[C@H](OP(=O)(O)O)[C@H](O)C(O)[C@H](O)[C@H]1OP(=O)(O)O.[Na+].[Na+].[Na+]. The first kappa shape index (κ1) is 34.8. The molecule has 0 spiro atoms. The molecule has 1 fully saturated rings. The van der Waals surface area contributed by atoms with Crippen molar-refractivity contribution in [3.8, 4) is 0 Å². The van der Waals surface area contributed by atoms with Crippen LogP contribution in [0, 0.1) is 0 Å². The average Bonchev–Trinajstić information content (AvgIpc) is 2.32. The van der Waals surface area contributed by atoms with Crippen molar-refractivity contribution in [2.45, 2.75) is 36.6 Å². The second-order valence-electron chi connectivity index (χ2n) is 4.65. The van der Waals surface area contributed by atoms with Gasteiger partial charge in [-0.1, -0.05) is 0 Å². The van der Waals surface area contributed by atoms with Crippen molar-refractivity contribution in [3.63, 3.8) is 0 Å². The summed E-state index contributed by atoms with van der Waals surface area (Å²) in [6, 6.07) is 0. The first-order valence-electron chi connectivity index (χ1n) is 5.78. The summed E-state index contributed by atoms with van der Waals surface area (Å²) in [4.78, 5) is 52.7. The van der Waals surface area contributed by atoms with Crippen LogP contribution in [-0.2, 0) is 27.3 Å². The maximum atomic E-state index is 11.0. The molecule has 6 atom stereocenters. The quantitative estimate of drug-likeness (QED) is 0.124. The Balaban J connectivity index is -0.00000192. The van der Waals surface area contributed by atoms with Crippen molar-refractivity contribution >= 4 is 23.5 Å². The van der Waals surface area contributed by atoms with Gasteiger partial charge in [0.05, 0.1) is 0 Å². The van der Waals surface area contributed by atoms with Crippen LogP contribution < -0.4 is 88.7 Å². The standard InChI is InChI=1S/C6H15O15P3.3Na/c7-1-2(8)4(19-22(10,11)12)6(21-24(16,17)18)5(3(1)9)20-23(13,14)15;;;/h1-9H,(H2,10,11,12)(H2,13,14,15)(H2,16,17,18);;;/q;3*+1/t1?,2-,3+,4-,5-,6?;;;/m1.../s1. The van der Waals surface area contributed by atoms with Gasteiger partial charge in [0.2, 0.25) is 0 Å². The molecule has 0 amide bonds. The summed E-state index contributed by atoms with van der Waals surface area (Å²) >= 11 is 0. The zero-order valence-corrected chi connectivity index (χ0v) is 23.0. The van der Waals surface area contributed by atoms with Gasteiger partial charge in [-0.2, -0.15) is 0 Å². The topological polar surface area (TPSA) is 261 Å². The van der Waals surface area contributed by atoms with Crippen LogP contribution in [0.25, 0.3) is 0 Å². The number of aliphatic hydroxyl groups excluding tert-OH is 3. The summed E-state index contributed by atoms with van der Waals surface area (Å²) in [5.41, 5.74) is 0. The van der Waals surface area contributed by atoms with E-state index in [1.165, 1.54) is 0 Å². The van der Waals surface area contributed by atoms with E-state index in [-0.39, 0.29) is 88.7 Å². The normalized spacial score (nSPS) is 31.9. The van der Waals surface area contributed by atoms with Gasteiger partial charge in [0.25, 0.3) is 0 Å². The van der Waals surface area contributed by atoms with E-state index in [1.54, 1.807) is 0 Å². The molecule has 0 aromatic heterocycles. The minimum absolute atomic E-state index is 0. The Labute approximate surface area is 218 Å². The van der Waals surface area contributed by atoms with E-state index in [4.69, 9.17) is 29.4 Å². The van der Waals surface area contributed by atoms with Crippen LogP contribution in [0.15, 0.2) is 0 Å². The van der Waals surface area contributed by atoms with Crippen molar-refractivity contribution in [2.24, 2.45) is 0 Å². The second-order valence-corrected chi connectivity index (χ2v) is 8.23. The molecule has 1 aliphatic carbocycles. The summed E-state index contributed by atoms with van der Waals surface area (Å²) in [6.45, 7) is 0. The van der Waals surface area contributed by atoms with E-state index in [2.05, 4.69) is 13.6 Å². The van der Waals surface area contributed by atoms with Crippen molar-refractivity contribution in [1.82, 2.24) is 0 Å². The first-order valence-corrected chi connectivity index (χ1v) is 10.4. The Bertz CT molecular complexity index is 549. The number of phosphoric acid groups is 3. The van der Waals surface area contributed by atoms with Gasteiger partial charge < -0.3 is 44.7 Å². The average molecular weight is 489 g/mol. The van der Waals surface area contributed by atoms with Crippen LogP contribution in [0.5, 0.6) is 0 Å². The minimum atomic E-state index is -5.48. The van der Waals surface area contributed by atoms with E-state index in [1.807, 2.05) is 0 Å². The predicted molar refractivity (Wildman–Crippen MR) is 68.8 cm³/mol. The van der Waals surface area contributed by atoms with E-state index in [9.17, 15) is 29.0 Å². The van der Waals surface area contributed by atoms with Gasteiger partial charge in [0.15, 0.2) is 0 Å². The molecule has 1 rings (SSSR count). The largest absolute Gasteiger partial charge is 1.00 e. The van der Waals surface area contributed by atoms with Gasteiger partial charge in [0.1, 0.15) is 36.6 Å². The minimum Gasteiger partial charge on any atom is -0.387 e. The molecule has 0 heterocycles. The molecule has 0 bridgehead atoms. The Hall–Kier alpha value is 3.21. The summed E-state index contributed by atoms with van der Waals surface area (Å²) in [5, 5.41) is 29.0. The fraction of sp³-hybridized carbons (Fsp3) is 1.00. The summed E-state index contributed by atoms with van der Waals surface area (Å²) in [6.07, 6.45) is -14.3. The van der Waals surface area contributed by atoms with Crippen molar-refractivity contribution < 1.29 is 161 Å². The van der Waals surface area contributed by atoms with Crippen LogP contribution >= 0.6 is 23.5 Å². The van der Waals surface area contributed by atoms with Gasteiger partial charge in [-0.15, -0.1) is 0 Å². The molecule has 1 aliphatic rings. The number of phosphoric ester groups is 3. The number of aliphatic hydroxyl groups is 3. The Morgan fingerprint density at radius 2 is 0.704 bits per heavy atom. The van der Waals surface area contributed by atoms with Crippen molar-refractivity contribution in [3.05, 3.63) is 0 Å². The zero-order chi connectivity index (χ0) is 19.1. The molecule has 1 saturated carbocycles. The third-order valence-electron chi connectivity index (χ3n) is 2.80. The summed E-state index contributed by atoms with van der Waals surface area (Å²) in [5.74, 6) is 0. The monoisotopic (exact) mass is 489 g/mol. The molecule has 0 aromatic rings. The summed E-state index contributed by atoms with van der Waals surface area (Å²) in [7, 11) is -16.3. The predicted octanol–water partition coefficient (Wildman–Crippen LogP) is -12.5. The molecular formula is C6H15Na3O15P3+3. The van der Waals surface area contributed by atoms with E-state index >= 15 is 0 Å². The third-order valence-corrected chi connectivity index (χ3v) is 4.35. The fourth-order valence-corrected chi connectivity index (χ4v) is 3.69. The summed E-state index contributed by atoms with van der Waals surface area (Å²) < 4.78 is 45.0. The molecule has 27 heavy (non-hydrogen) atoms. The molecule has 0 radical (unpaired) electrons. The van der Waals surface area contributed by atoms with Gasteiger partial charge >= 0.3 is 112 Å². The van der Waals surface area contributed by atoms with E-state index < -0.39 is 60.1 Å². The van der Waals surface area contributed by atoms with Crippen molar-refractivity contribution in [2.75, 3.05) is 0 Å². The van der Waals surface area contributed by atoms with Gasteiger partial charge in [-0.3, -0.25) is 13.6 Å². The second kappa shape index (κ2) is 13.0. The molecule has 15 nitrogen and oxygen atoms in total. The zero-order valence-electron chi connectivity index (χ0n) is 14.3. The van der Waals surface area contributed by atoms with Crippen LogP contribution in [0.4, 0.5) is 0 Å². The molecule has 0 aliphatic heterocycles. The molecule has 0 saturated heterocycles. The number of hydrogen-bond donors (Lipinski definition) is 9. The molecule has 9 N–H and O–H groups in total. The Kier molecular flexibility index (Phi) is 16.8. The molecule has 144 valence electrons. The number of rotatable bonds is 6. The van der Waals surface area contributed by atoms with Crippen LogP contribution in [-0.4, -0.2) is 81.3 Å². The van der Waals surface area contributed by atoms with Crippen molar-refractivity contribution in [1.29, 1.82) is 0 Å². The van der Waals surface area contributed by atoms with Gasteiger partial charge in [0, 0.05) is 0 Å². The van der Waals surface area contributed by atoms with Crippen LogP contribution in [0.3, 0.4) is 0 Å². The fourth-order valence-electron chi connectivity index (χ4n) is 2.01. The maximum Gasteiger partial charge on any atom is 1.00 e. The van der Waals surface area contributed by atoms with E-state index in [0.717, 1.165) is 0 Å². The number of hydrogen-bond acceptors (Lipinski definition) is 9. The Morgan fingerprint density at radius 3 is 0.926 bits per heavy atom. The molecule has 0 aromatic carbocycles. The molecular weight excluding hydrogens is 474 g/mol. The molecule has 21 heteroatoms. The Morgan fingerprint density at radius 1 is 0.481 bits per heavy atom. The maximum absolute atomic E-state index is 11.0. The smallest absolute Gasteiger partial charge is 0.387 e. The third kappa shape index (κ3) is 12.1.